The molecular weight excluding hydrogens is 434 g/mol. The molecule has 6 nitrogen and oxygen atoms in total. The molecule has 0 bridgehead atoms. The zero-order valence-corrected chi connectivity index (χ0v) is 19.8. The highest BCUT2D eigenvalue weighted by Crippen LogP contribution is 2.29. The monoisotopic (exact) mass is 463 g/mol. The number of ketones is 1. The number of carbonyl (C=O) groups excluding carboxylic acids is 1. The number of methoxy groups -OCH3 is 1. The van der Waals surface area contributed by atoms with E-state index in [1.807, 2.05) is 30.3 Å². The average Bonchev–Trinajstić information content (AvgIpc) is 3.52. The van der Waals surface area contributed by atoms with E-state index in [1.54, 1.807) is 7.11 Å². The SMILES string of the molecule is COc1ccc(-c2nnc(SCC(=O)c3ccc4c(c3)CCCC4)n2C[C@@H]2CCCO2)cc1. The summed E-state index contributed by atoms with van der Waals surface area (Å²) in [6.45, 7) is 1.48. The molecule has 0 N–H and O–H groups in total. The molecule has 0 unspecified atom stereocenters. The number of carbonyl (C=O) groups is 1. The Labute approximate surface area is 198 Å². The van der Waals surface area contributed by atoms with Gasteiger partial charge in [0.2, 0.25) is 0 Å². The maximum atomic E-state index is 13.0. The Balaban J connectivity index is 1.35. The standard InChI is InChI=1S/C26H29N3O3S/c1-31-22-12-10-19(11-13-22)25-27-28-26(29(25)16-23-7-4-14-32-23)33-17-24(30)21-9-8-18-5-2-3-6-20(18)15-21/h8-13,15,23H,2-7,14,16-17H2,1H3/t23-/m0/s1. The third-order valence-electron chi connectivity index (χ3n) is 6.48. The molecule has 172 valence electrons. The maximum absolute atomic E-state index is 13.0. The molecule has 33 heavy (non-hydrogen) atoms. The average molecular weight is 464 g/mol. The molecule has 1 fully saturated rings. The van der Waals surface area contributed by atoms with Crippen LogP contribution in [-0.4, -0.2) is 46.1 Å². The van der Waals surface area contributed by atoms with Gasteiger partial charge in [0.25, 0.3) is 0 Å². The molecule has 3 aromatic rings. The van der Waals surface area contributed by atoms with Crippen LogP contribution in [0.3, 0.4) is 0 Å². The summed E-state index contributed by atoms with van der Waals surface area (Å²) < 4.78 is 13.3. The fourth-order valence-electron chi connectivity index (χ4n) is 4.63. The van der Waals surface area contributed by atoms with Gasteiger partial charge in [-0.05, 0) is 80.0 Å². The van der Waals surface area contributed by atoms with Crippen LogP contribution in [0.5, 0.6) is 5.75 Å². The van der Waals surface area contributed by atoms with E-state index in [9.17, 15) is 4.79 Å². The molecular formula is C26H29N3O3S. The lowest BCUT2D eigenvalue weighted by atomic mass is 9.90. The Bertz CT molecular complexity index is 1120. The number of aromatic nitrogens is 3. The molecule has 1 saturated heterocycles. The van der Waals surface area contributed by atoms with E-state index < -0.39 is 0 Å². The van der Waals surface area contributed by atoms with Crippen molar-refractivity contribution < 1.29 is 14.3 Å². The summed E-state index contributed by atoms with van der Waals surface area (Å²) in [5.74, 6) is 2.06. The lowest BCUT2D eigenvalue weighted by molar-refractivity contribution is 0.0953. The molecule has 1 aliphatic heterocycles. The number of Topliss-reactive ketones (excluding diaryl/α,β-unsaturated/α-hetero) is 1. The van der Waals surface area contributed by atoms with Crippen molar-refractivity contribution in [2.75, 3.05) is 19.5 Å². The Morgan fingerprint density at radius 1 is 1.09 bits per heavy atom. The molecule has 0 saturated carbocycles. The maximum Gasteiger partial charge on any atom is 0.192 e. The molecule has 0 amide bonds. The van der Waals surface area contributed by atoms with Crippen LogP contribution in [0, 0.1) is 0 Å². The molecule has 7 heteroatoms. The number of hydrogen-bond donors (Lipinski definition) is 0. The number of ether oxygens (including phenoxy) is 2. The Morgan fingerprint density at radius 3 is 2.67 bits per heavy atom. The molecule has 2 aromatic carbocycles. The number of aryl methyl sites for hydroxylation is 2. The van der Waals surface area contributed by atoms with Crippen LogP contribution in [0.1, 0.15) is 47.2 Å². The number of nitrogens with zero attached hydrogens (tertiary/aromatic N) is 3. The summed E-state index contributed by atoms with van der Waals surface area (Å²) >= 11 is 1.45. The van der Waals surface area contributed by atoms with E-state index in [4.69, 9.17) is 9.47 Å². The van der Waals surface area contributed by atoms with Gasteiger partial charge in [0, 0.05) is 17.7 Å². The fraction of sp³-hybridized carbons (Fsp3) is 0.423. The van der Waals surface area contributed by atoms with Crippen molar-refractivity contribution in [3.8, 4) is 17.1 Å². The smallest absolute Gasteiger partial charge is 0.192 e. The first-order valence-corrected chi connectivity index (χ1v) is 12.7. The molecule has 5 rings (SSSR count). The van der Waals surface area contributed by atoms with Gasteiger partial charge >= 0.3 is 0 Å². The third kappa shape index (κ3) is 4.99. The van der Waals surface area contributed by atoms with Gasteiger partial charge < -0.3 is 9.47 Å². The summed E-state index contributed by atoms with van der Waals surface area (Å²) in [4.78, 5) is 13.0. The molecule has 2 aliphatic rings. The lowest BCUT2D eigenvalue weighted by Gasteiger charge is -2.16. The van der Waals surface area contributed by atoms with Crippen molar-refractivity contribution >= 4 is 17.5 Å². The summed E-state index contributed by atoms with van der Waals surface area (Å²) in [5, 5.41) is 9.68. The van der Waals surface area contributed by atoms with Crippen LogP contribution in [0.25, 0.3) is 11.4 Å². The van der Waals surface area contributed by atoms with Gasteiger partial charge in [0.05, 0.1) is 25.5 Å². The van der Waals surface area contributed by atoms with E-state index >= 15 is 0 Å². The normalized spacial score (nSPS) is 17.7. The van der Waals surface area contributed by atoms with Gasteiger partial charge in [-0.3, -0.25) is 9.36 Å². The highest BCUT2D eigenvalue weighted by atomic mass is 32.2. The van der Waals surface area contributed by atoms with Crippen molar-refractivity contribution in [3.63, 3.8) is 0 Å². The number of fused-ring (bicyclic) bond motifs is 1. The molecule has 1 aliphatic carbocycles. The van der Waals surface area contributed by atoms with Gasteiger partial charge in [0.15, 0.2) is 16.8 Å². The van der Waals surface area contributed by atoms with E-state index in [0.29, 0.717) is 12.3 Å². The second-order valence-electron chi connectivity index (χ2n) is 8.68. The first kappa shape index (κ1) is 22.2. The predicted molar refractivity (Wildman–Crippen MR) is 129 cm³/mol. The minimum Gasteiger partial charge on any atom is -0.497 e. The first-order chi connectivity index (χ1) is 16.2. The number of hydrogen-bond acceptors (Lipinski definition) is 6. The number of benzene rings is 2. The second-order valence-corrected chi connectivity index (χ2v) is 9.63. The van der Waals surface area contributed by atoms with Crippen molar-refractivity contribution in [2.45, 2.75) is 56.3 Å². The molecule has 1 atom stereocenters. The van der Waals surface area contributed by atoms with E-state index in [1.165, 1.54) is 35.7 Å². The van der Waals surface area contributed by atoms with Crippen molar-refractivity contribution in [1.29, 1.82) is 0 Å². The predicted octanol–water partition coefficient (Wildman–Crippen LogP) is 4.99. The molecule has 2 heterocycles. The summed E-state index contributed by atoms with van der Waals surface area (Å²) in [7, 11) is 1.66. The lowest BCUT2D eigenvalue weighted by Crippen LogP contribution is -2.17. The second kappa shape index (κ2) is 10.1. The minimum absolute atomic E-state index is 0.131. The summed E-state index contributed by atoms with van der Waals surface area (Å²) in [6.07, 6.45) is 6.90. The van der Waals surface area contributed by atoms with Crippen LogP contribution >= 0.6 is 11.8 Å². The van der Waals surface area contributed by atoms with E-state index in [-0.39, 0.29) is 11.9 Å². The Morgan fingerprint density at radius 2 is 1.91 bits per heavy atom. The molecule has 0 spiro atoms. The summed E-state index contributed by atoms with van der Waals surface area (Å²) in [6, 6.07) is 14.0. The van der Waals surface area contributed by atoms with Gasteiger partial charge in [0.1, 0.15) is 5.75 Å². The molecule has 0 radical (unpaired) electrons. The minimum atomic E-state index is 0.131. The van der Waals surface area contributed by atoms with E-state index in [0.717, 1.165) is 60.1 Å². The van der Waals surface area contributed by atoms with Crippen molar-refractivity contribution in [2.24, 2.45) is 0 Å². The highest BCUT2D eigenvalue weighted by molar-refractivity contribution is 7.99. The van der Waals surface area contributed by atoms with Gasteiger partial charge in [-0.1, -0.05) is 23.9 Å². The first-order valence-electron chi connectivity index (χ1n) is 11.7. The Hall–Kier alpha value is -2.64. The largest absolute Gasteiger partial charge is 0.497 e. The summed E-state index contributed by atoms with van der Waals surface area (Å²) in [5.41, 5.74) is 4.49. The van der Waals surface area contributed by atoms with Gasteiger partial charge in [-0.15, -0.1) is 10.2 Å². The van der Waals surface area contributed by atoms with Crippen LogP contribution in [0.15, 0.2) is 47.6 Å². The van der Waals surface area contributed by atoms with Gasteiger partial charge in [-0.25, -0.2) is 0 Å². The fourth-order valence-corrected chi connectivity index (χ4v) is 5.47. The van der Waals surface area contributed by atoms with Crippen molar-refractivity contribution in [1.82, 2.24) is 14.8 Å². The van der Waals surface area contributed by atoms with Crippen LogP contribution in [0.4, 0.5) is 0 Å². The van der Waals surface area contributed by atoms with Gasteiger partial charge in [-0.2, -0.15) is 0 Å². The highest BCUT2D eigenvalue weighted by Gasteiger charge is 2.23. The third-order valence-corrected chi connectivity index (χ3v) is 7.44. The van der Waals surface area contributed by atoms with E-state index in [2.05, 4.69) is 26.9 Å². The number of thioether (sulfide) groups is 1. The zero-order valence-electron chi connectivity index (χ0n) is 19.0. The van der Waals surface area contributed by atoms with Crippen LogP contribution in [-0.2, 0) is 24.1 Å². The quantitative estimate of drug-likeness (QED) is 0.346. The number of rotatable bonds is 8. The molecule has 1 aromatic heterocycles. The van der Waals surface area contributed by atoms with Crippen LogP contribution in [0.2, 0.25) is 0 Å². The zero-order chi connectivity index (χ0) is 22.6. The topological polar surface area (TPSA) is 66.2 Å². The van der Waals surface area contributed by atoms with Crippen LogP contribution < -0.4 is 4.74 Å². The Kier molecular flexibility index (Phi) is 6.78. The van der Waals surface area contributed by atoms with Crippen molar-refractivity contribution in [3.05, 3.63) is 59.2 Å².